The van der Waals surface area contributed by atoms with E-state index in [4.69, 9.17) is 14.2 Å². The molecule has 0 fully saturated rings. The lowest BCUT2D eigenvalue weighted by molar-refractivity contribution is 0.0136. The molecular formula is C24H28F3N3O3. The van der Waals surface area contributed by atoms with Gasteiger partial charge in [0, 0.05) is 31.0 Å². The fourth-order valence-electron chi connectivity index (χ4n) is 3.42. The number of halogens is 3. The molecule has 1 heterocycles. The minimum atomic E-state index is -3.29. The molecule has 33 heavy (non-hydrogen) atoms. The summed E-state index contributed by atoms with van der Waals surface area (Å²) < 4.78 is 59.0. The van der Waals surface area contributed by atoms with Crippen LogP contribution in [-0.4, -0.2) is 36.9 Å². The molecule has 0 radical (unpaired) electrons. The van der Waals surface area contributed by atoms with Crippen molar-refractivity contribution in [3.63, 3.8) is 0 Å². The van der Waals surface area contributed by atoms with Gasteiger partial charge in [0.25, 0.3) is 5.92 Å². The molecule has 0 amide bonds. The molecule has 3 rings (SSSR count). The molecule has 1 N–H and O–H groups in total. The first-order chi connectivity index (χ1) is 15.5. The van der Waals surface area contributed by atoms with Gasteiger partial charge in [0.2, 0.25) is 0 Å². The molecule has 178 valence electrons. The average Bonchev–Trinajstić information content (AvgIpc) is 2.76. The van der Waals surface area contributed by atoms with Gasteiger partial charge in [-0.3, -0.25) is 0 Å². The Morgan fingerprint density at radius 1 is 1.09 bits per heavy atom. The van der Waals surface area contributed by atoms with Crippen LogP contribution in [0, 0.1) is 12.7 Å². The Kier molecular flexibility index (Phi) is 7.31. The molecule has 0 bridgehead atoms. The summed E-state index contributed by atoms with van der Waals surface area (Å²) in [5.41, 5.74) is 0.0536. The van der Waals surface area contributed by atoms with E-state index in [1.165, 1.54) is 19.2 Å². The molecule has 0 aliphatic carbocycles. The van der Waals surface area contributed by atoms with Gasteiger partial charge >= 0.3 is 0 Å². The third kappa shape index (κ3) is 5.47. The maximum atomic E-state index is 14.9. The van der Waals surface area contributed by atoms with Crippen molar-refractivity contribution < 1.29 is 27.4 Å². The van der Waals surface area contributed by atoms with Gasteiger partial charge in [-0.2, -0.15) is 0 Å². The van der Waals surface area contributed by atoms with Gasteiger partial charge in [0.05, 0.1) is 30.3 Å². The van der Waals surface area contributed by atoms with Gasteiger partial charge in [-0.1, -0.05) is 18.2 Å². The smallest absolute Gasteiger partial charge is 0.273 e. The number of alkyl halides is 2. The number of fused-ring (bicyclic) bond motifs is 1. The third-order valence-electron chi connectivity index (χ3n) is 5.29. The molecule has 0 unspecified atom stereocenters. The number of nitrogens with one attached hydrogen (secondary N) is 1. The molecular weight excluding hydrogens is 435 g/mol. The molecule has 0 saturated carbocycles. The summed E-state index contributed by atoms with van der Waals surface area (Å²) in [5, 5.41) is 3.76. The topological polar surface area (TPSA) is 65.5 Å². The van der Waals surface area contributed by atoms with Crippen LogP contribution in [0.4, 0.5) is 19.0 Å². The Balaban J connectivity index is 2.02. The van der Waals surface area contributed by atoms with Gasteiger partial charge in [-0.15, -0.1) is 0 Å². The Morgan fingerprint density at radius 3 is 2.45 bits per heavy atom. The quantitative estimate of drug-likeness (QED) is 0.434. The summed E-state index contributed by atoms with van der Waals surface area (Å²) in [7, 11) is 3.12. The number of rotatable bonds is 9. The largest absolute Gasteiger partial charge is 0.493 e. The van der Waals surface area contributed by atoms with Crippen molar-refractivity contribution in [3.05, 3.63) is 53.1 Å². The zero-order valence-electron chi connectivity index (χ0n) is 19.5. The van der Waals surface area contributed by atoms with Gasteiger partial charge in [0.15, 0.2) is 11.5 Å². The third-order valence-corrected chi connectivity index (χ3v) is 5.29. The summed E-state index contributed by atoms with van der Waals surface area (Å²) in [6, 6.07) is 6.79. The van der Waals surface area contributed by atoms with Gasteiger partial charge in [-0.05, 0) is 26.8 Å². The van der Waals surface area contributed by atoms with Crippen molar-refractivity contribution in [3.8, 4) is 11.5 Å². The molecule has 0 spiro atoms. The number of aryl methyl sites for hydroxylation is 1. The maximum absolute atomic E-state index is 14.9. The monoisotopic (exact) mass is 463 g/mol. The van der Waals surface area contributed by atoms with E-state index in [0.717, 1.165) is 6.07 Å². The molecule has 9 heteroatoms. The summed E-state index contributed by atoms with van der Waals surface area (Å²) in [6.45, 7) is 6.25. The highest BCUT2D eigenvalue weighted by Crippen LogP contribution is 2.37. The predicted molar refractivity (Wildman–Crippen MR) is 121 cm³/mol. The van der Waals surface area contributed by atoms with Crippen molar-refractivity contribution in [2.45, 2.75) is 45.8 Å². The number of ether oxygens (including phenoxy) is 3. The van der Waals surface area contributed by atoms with Crippen molar-refractivity contribution in [1.29, 1.82) is 0 Å². The minimum absolute atomic E-state index is 0.109. The van der Waals surface area contributed by atoms with E-state index in [0.29, 0.717) is 47.6 Å². The van der Waals surface area contributed by atoms with Crippen LogP contribution in [0.25, 0.3) is 10.9 Å². The van der Waals surface area contributed by atoms with E-state index in [1.807, 2.05) is 6.92 Å². The van der Waals surface area contributed by atoms with Crippen LogP contribution in [0.15, 0.2) is 30.3 Å². The fraction of sp³-hybridized carbons (Fsp3) is 0.417. The standard InChI is InChI=1S/C24H28F3N3O3/c1-13(31-5)12-33-21-10-17-19(11-20(21)32-6)29-15(3)30-23(17)28-14(2)16-8-7-9-18(22(16)25)24(4,26)27/h7-11,13-14H,12H2,1-6H3,(H,28,29,30)/t13-,14+/m0/s1. The Hall–Kier alpha value is -3.07. The highest BCUT2D eigenvalue weighted by molar-refractivity contribution is 5.92. The number of aromatic nitrogens is 2. The average molecular weight is 464 g/mol. The van der Waals surface area contributed by atoms with Crippen molar-refractivity contribution in [1.82, 2.24) is 9.97 Å². The van der Waals surface area contributed by atoms with Gasteiger partial charge in [0.1, 0.15) is 24.1 Å². The lowest BCUT2D eigenvalue weighted by atomic mass is 10.0. The van der Waals surface area contributed by atoms with E-state index in [1.54, 1.807) is 33.1 Å². The Bertz CT molecular complexity index is 1140. The maximum Gasteiger partial charge on any atom is 0.273 e. The molecule has 2 atom stereocenters. The fourth-order valence-corrected chi connectivity index (χ4v) is 3.42. The van der Waals surface area contributed by atoms with Crippen LogP contribution in [-0.2, 0) is 10.7 Å². The molecule has 0 saturated heterocycles. The summed E-state index contributed by atoms with van der Waals surface area (Å²) in [4.78, 5) is 8.92. The lowest BCUT2D eigenvalue weighted by Gasteiger charge is -2.21. The molecule has 0 aliphatic rings. The first-order valence-corrected chi connectivity index (χ1v) is 10.5. The molecule has 6 nitrogen and oxygen atoms in total. The summed E-state index contributed by atoms with van der Waals surface area (Å²) >= 11 is 0. The number of hydrogen-bond donors (Lipinski definition) is 1. The lowest BCUT2D eigenvalue weighted by Crippen LogP contribution is -2.17. The number of benzene rings is 2. The molecule has 0 aliphatic heterocycles. The van der Waals surface area contributed by atoms with E-state index >= 15 is 0 Å². The van der Waals surface area contributed by atoms with Crippen LogP contribution in [0.2, 0.25) is 0 Å². The summed E-state index contributed by atoms with van der Waals surface area (Å²) in [5.74, 6) is -2.37. The molecule has 2 aromatic carbocycles. The second kappa shape index (κ2) is 9.82. The van der Waals surface area contributed by atoms with Crippen molar-refractivity contribution in [2.75, 3.05) is 26.1 Å². The predicted octanol–water partition coefficient (Wildman–Crippen LogP) is 5.78. The molecule has 1 aromatic heterocycles. The first-order valence-electron chi connectivity index (χ1n) is 10.5. The van der Waals surface area contributed by atoms with Crippen molar-refractivity contribution >= 4 is 16.7 Å². The van der Waals surface area contributed by atoms with E-state index < -0.39 is 23.3 Å². The van der Waals surface area contributed by atoms with Gasteiger partial charge in [-0.25, -0.2) is 23.1 Å². The highest BCUT2D eigenvalue weighted by Gasteiger charge is 2.30. The zero-order chi connectivity index (χ0) is 24.3. The number of hydrogen-bond acceptors (Lipinski definition) is 6. The Labute approximate surface area is 191 Å². The minimum Gasteiger partial charge on any atom is -0.493 e. The van der Waals surface area contributed by atoms with Crippen molar-refractivity contribution in [2.24, 2.45) is 0 Å². The summed E-state index contributed by atoms with van der Waals surface area (Å²) in [6.07, 6.45) is -0.135. The molecule has 3 aromatic rings. The highest BCUT2D eigenvalue weighted by atomic mass is 19.3. The number of anilines is 1. The van der Waals surface area contributed by atoms with Crippen LogP contribution in [0.5, 0.6) is 11.5 Å². The number of nitrogens with zero attached hydrogens (tertiary/aromatic N) is 2. The van der Waals surface area contributed by atoms with Crippen LogP contribution in [0.3, 0.4) is 0 Å². The Morgan fingerprint density at radius 2 is 1.82 bits per heavy atom. The normalized spacial score (nSPS) is 13.6. The second-order valence-corrected chi connectivity index (χ2v) is 7.96. The second-order valence-electron chi connectivity index (χ2n) is 7.96. The zero-order valence-corrected chi connectivity index (χ0v) is 19.5. The number of methoxy groups -OCH3 is 2. The van der Waals surface area contributed by atoms with E-state index in [2.05, 4.69) is 15.3 Å². The van der Waals surface area contributed by atoms with Crippen LogP contribution >= 0.6 is 0 Å². The van der Waals surface area contributed by atoms with E-state index in [9.17, 15) is 13.2 Å². The van der Waals surface area contributed by atoms with Gasteiger partial charge < -0.3 is 19.5 Å². The van der Waals surface area contributed by atoms with Crippen LogP contribution < -0.4 is 14.8 Å². The SMILES string of the molecule is COc1cc2nc(C)nc(N[C@H](C)c3cccc(C(C)(F)F)c3F)c2cc1OC[C@H](C)OC. The van der Waals surface area contributed by atoms with E-state index in [-0.39, 0.29) is 11.7 Å². The van der Waals surface area contributed by atoms with Crippen LogP contribution in [0.1, 0.15) is 43.8 Å². The first kappa shape index (κ1) is 24.6.